The highest BCUT2D eigenvalue weighted by molar-refractivity contribution is 7.80. The Morgan fingerprint density at radius 1 is 1.10 bits per heavy atom. The summed E-state index contributed by atoms with van der Waals surface area (Å²) in [6.45, 7) is 3.03. The Labute approximate surface area is 242 Å². The number of methoxy groups -OCH3 is 1. The predicted molar refractivity (Wildman–Crippen MR) is 163 cm³/mol. The second kappa shape index (κ2) is 12.8. The average Bonchev–Trinajstić information content (AvgIpc) is 3.29. The number of hydrogen-bond acceptors (Lipinski definition) is 7. The lowest BCUT2D eigenvalue weighted by atomic mass is 9.99. The van der Waals surface area contributed by atoms with Crippen LogP contribution in [0.1, 0.15) is 34.7 Å². The Kier molecular flexibility index (Phi) is 8.80. The van der Waals surface area contributed by atoms with Crippen LogP contribution in [0, 0.1) is 0 Å². The van der Waals surface area contributed by atoms with Gasteiger partial charge in [-0.05, 0) is 71.0 Å². The zero-order valence-corrected chi connectivity index (χ0v) is 23.8. The molecule has 0 atom stereocenters. The molecule has 1 amide bonds. The quantitative estimate of drug-likeness (QED) is 0.183. The molecule has 0 saturated carbocycles. The SMILES string of the molecule is COc1ccc(COCCc2csc3c2C(c2ccc(NC(C)=O)cc2)=NN(Cc2cccnc2)C(=S)N3)cc1. The maximum Gasteiger partial charge on any atom is 0.221 e. The van der Waals surface area contributed by atoms with Gasteiger partial charge in [-0.3, -0.25) is 9.78 Å². The predicted octanol–water partition coefficient (Wildman–Crippen LogP) is 5.83. The molecule has 1 aliphatic heterocycles. The number of hydrogen-bond donors (Lipinski definition) is 2. The number of rotatable bonds is 10. The fraction of sp³-hybridized carbons (Fsp3) is 0.200. The molecule has 3 heterocycles. The summed E-state index contributed by atoms with van der Waals surface area (Å²) in [4.78, 5) is 15.8. The third-order valence-electron chi connectivity index (χ3n) is 6.26. The number of anilines is 2. The van der Waals surface area contributed by atoms with Crippen LogP contribution in [-0.2, 0) is 29.1 Å². The molecule has 8 nitrogen and oxygen atoms in total. The lowest BCUT2D eigenvalue weighted by Gasteiger charge is -2.19. The summed E-state index contributed by atoms with van der Waals surface area (Å²) in [5.74, 6) is 0.707. The van der Waals surface area contributed by atoms with Gasteiger partial charge in [0.15, 0.2) is 5.11 Å². The van der Waals surface area contributed by atoms with Crippen molar-refractivity contribution in [3.05, 3.63) is 106 Å². The van der Waals surface area contributed by atoms with Gasteiger partial charge in [-0.15, -0.1) is 11.3 Å². The van der Waals surface area contributed by atoms with Crippen molar-refractivity contribution in [2.75, 3.05) is 24.4 Å². The number of pyridine rings is 1. The number of amides is 1. The van der Waals surface area contributed by atoms with Gasteiger partial charge in [0.05, 0.1) is 26.9 Å². The van der Waals surface area contributed by atoms with Crippen molar-refractivity contribution >= 4 is 51.0 Å². The maximum atomic E-state index is 11.5. The standard InChI is InChI=1S/C30H29N5O3S2/c1-20(36)32-25-9-7-23(8-10-25)28-27-24(13-15-38-18-21-5-11-26(37-2)12-6-21)19-40-29(27)33-30(39)35(34-28)17-22-4-3-14-31-16-22/h3-12,14,16,19H,13,15,17-18H2,1-2H3,(H,32,36)(H,33,39). The van der Waals surface area contributed by atoms with Gasteiger partial charge in [0, 0.05) is 36.1 Å². The van der Waals surface area contributed by atoms with E-state index in [0.717, 1.165) is 50.0 Å². The Balaban J connectivity index is 1.41. The molecule has 1 aliphatic rings. The van der Waals surface area contributed by atoms with Crippen LogP contribution in [0.2, 0.25) is 0 Å². The molecule has 204 valence electrons. The van der Waals surface area contributed by atoms with E-state index in [0.29, 0.717) is 31.3 Å². The summed E-state index contributed by atoms with van der Waals surface area (Å²) in [5, 5.41) is 16.7. The van der Waals surface area contributed by atoms with Crippen LogP contribution in [0.25, 0.3) is 0 Å². The normalized spacial score (nSPS) is 12.7. The number of nitrogens with one attached hydrogen (secondary N) is 2. The highest BCUT2D eigenvalue weighted by Crippen LogP contribution is 2.34. The van der Waals surface area contributed by atoms with Crippen molar-refractivity contribution in [2.45, 2.75) is 26.5 Å². The van der Waals surface area contributed by atoms with Gasteiger partial charge in [-0.25, -0.2) is 5.01 Å². The second-order valence-electron chi connectivity index (χ2n) is 9.17. The number of thiophene rings is 1. The smallest absolute Gasteiger partial charge is 0.221 e. The number of aromatic nitrogens is 1. The lowest BCUT2D eigenvalue weighted by Crippen LogP contribution is -2.29. The first kappa shape index (κ1) is 27.4. The lowest BCUT2D eigenvalue weighted by molar-refractivity contribution is -0.114. The third-order valence-corrected chi connectivity index (χ3v) is 7.51. The van der Waals surface area contributed by atoms with E-state index in [1.165, 1.54) is 6.92 Å². The summed E-state index contributed by atoms with van der Waals surface area (Å²) in [5.41, 5.74) is 6.64. The summed E-state index contributed by atoms with van der Waals surface area (Å²) in [7, 11) is 1.66. The molecule has 0 spiro atoms. The molecule has 0 aliphatic carbocycles. The number of carbonyl (C=O) groups excluding carboxylic acids is 1. The zero-order valence-electron chi connectivity index (χ0n) is 22.2. The molecule has 0 radical (unpaired) electrons. The largest absolute Gasteiger partial charge is 0.497 e. The monoisotopic (exact) mass is 571 g/mol. The van der Waals surface area contributed by atoms with Crippen molar-refractivity contribution in [1.82, 2.24) is 9.99 Å². The summed E-state index contributed by atoms with van der Waals surface area (Å²) < 4.78 is 11.3. The molecule has 0 unspecified atom stereocenters. The first-order valence-electron chi connectivity index (χ1n) is 12.8. The topological polar surface area (TPSA) is 88.1 Å². The van der Waals surface area contributed by atoms with E-state index in [1.807, 2.05) is 66.9 Å². The number of thiocarbonyl (C=S) groups is 1. The fourth-order valence-corrected chi connectivity index (χ4v) is 5.56. The van der Waals surface area contributed by atoms with E-state index < -0.39 is 0 Å². The minimum absolute atomic E-state index is 0.117. The van der Waals surface area contributed by atoms with Crippen LogP contribution in [-0.4, -0.2) is 40.4 Å². The highest BCUT2D eigenvalue weighted by Gasteiger charge is 2.26. The molecule has 0 bridgehead atoms. The van der Waals surface area contributed by atoms with Crippen LogP contribution in [0.5, 0.6) is 5.75 Å². The number of ether oxygens (including phenoxy) is 2. The molecule has 4 aromatic rings. The number of fused-ring (bicyclic) bond motifs is 1. The van der Waals surface area contributed by atoms with Gasteiger partial charge in [-0.2, -0.15) is 5.10 Å². The highest BCUT2D eigenvalue weighted by atomic mass is 32.1. The number of nitrogens with zero attached hydrogens (tertiary/aromatic N) is 3. The van der Waals surface area contributed by atoms with E-state index in [4.69, 9.17) is 26.8 Å². The average molecular weight is 572 g/mol. The van der Waals surface area contributed by atoms with Gasteiger partial charge in [0.1, 0.15) is 16.5 Å². The summed E-state index contributed by atoms with van der Waals surface area (Å²) >= 11 is 7.36. The van der Waals surface area contributed by atoms with Crippen molar-refractivity contribution in [1.29, 1.82) is 0 Å². The first-order chi connectivity index (χ1) is 19.5. The van der Waals surface area contributed by atoms with E-state index in [1.54, 1.807) is 29.7 Å². The summed E-state index contributed by atoms with van der Waals surface area (Å²) in [6.07, 6.45) is 4.27. The fourth-order valence-electron chi connectivity index (χ4n) is 4.29. The van der Waals surface area contributed by atoms with Crippen LogP contribution in [0.4, 0.5) is 10.7 Å². The van der Waals surface area contributed by atoms with Gasteiger partial charge in [-0.1, -0.05) is 30.3 Å². The minimum Gasteiger partial charge on any atom is -0.497 e. The molecule has 40 heavy (non-hydrogen) atoms. The third kappa shape index (κ3) is 6.71. The van der Waals surface area contributed by atoms with Gasteiger partial charge < -0.3 is 20.1 Å². The van der Waals surface area contributed by atoms with Crippen LogP contribution in [0.15, 0.2) is 83.5 Å². The van der Waals surface area contributed by atoms with E-state index in [2.05, 4.69) is 21.0 Å². The molecular formula is C30H29N5O3S2. The molecule has 2 aromatic heterocycles. The second-order valence-corrected chi connectivity index (χ2v) is 10.4. The maximum absolute atomic E-state index is 11.5. The molecule has 2 N–H and O–H groups in total. The van der Waals surface area contributed by atoms with Crippen molar-refractivity contribution in [3.8, 4) is 5.75 Å². The Morgan fingerprint density at radius 3 is 2.60 bits per heavy atom. The Morgan fingerprint density at radius 2 is 1.90 bits per heavy atom. The van der Waals surface area contributed by atoms with Crippen molar-refractivity contribution in [3.63, 3.8) is 0 Å². The van der Waals surface area contributed by atoms with E-state index >= 15 is 0 Å². The van der Waals surface area contributed by atoms with Crippen LogP contribution in [0.3, 0.4) is 0 Å². The molecule has 10 heteroatoms. The van der Waals surface area contributed by atoms with Crippen molar-refractivity contribution in [2.24, 2.45) is 5.10 Å². The Bertz CT molecular complexity index is 1500. The van der Waals surface area contributed by atoms with E-state index in [-0.39, 0.29) is 5.91 Å². The van der Waals surface area contributed by atoms with Crippen molar-refractivity contribution < 1.29 is 14.3 Å². The molecule has 0 fully saturated rings. The summed E-state index contributed by atoms with van der Waals surface area (Å²) in [6, 6.07) is 19.5. The zero-order chi connectivity index (χ0) is 27.9. The number of benzene rings is 2. The molecule has 2 aromatic carbocycles. The van der Waals surface area contributed by atoms with E-state index in [9.17, 15) is 4.79 Å². The van der Waals surface area contributed by atoms with Crippen LogP contribution >= 0.6 is 23.6 Å². The molecule has 5 rings (SSSR count). The molecule has 0 saturated heterocycles. The van der Waals surface area contributed by atoms with Gasteiger partial charge in [0.2, 0.25) is 5.91 Å². The number of carbonyl (C=O) groups is 1. The Hall–Kier alpha value is -4.12. The number of hydrazone groups is 1. The van der Waals surface area contributed by atoms with Crippen LogP contribution < -0.4 is 15.4 Å². The minimum atomic E-state index is -0.117. The molecular weight excluding hydrogens is 542 g/mol. The van der Waals surface area contributed by atoms with Gasteiger partial charge in [0.25, 0.3) is 0 Å². The van der Waals surface area contributed by atoms with Gasteiger partial charge >= 0.3 is 0 Å². The first-order valence-corrected chi connectivity index (χ1v) is 14.0.